The quantitative estimate of drug-likeness (QED) is 0.276. The van der Waals surface area contributed by atoms with E-state index in [1.165, 1.54) is 25.7 Å². The van der Waals surface area contributed by atoms with Crippen LogP contribution in [-0.2, 0) is 9.53 Å². The number of halogens is 1. The van der Waals surface area contributed by atoms with E-state index < -0.39 is 5.41 Å². The number of ether oxygens (including phenoxy) is 1. The molecule has 148 valence electrons. The molecule has 1 unspecified atom stereocenters. The Kier molecular flexibility index (Phi) is 12.4. The topological polar surface area (TPSA) is 74.8 Å². The molecule has 1 rings (SSSR count). The summed E-state index contributed by atoms with van der Waals surface area (Å²) in [6, 6.07) is 0. The zero-order valence-electron chi connectivity index (χ0n) is 16.5. The molecule has 1 amide bonds. The van der Waals surface area contributed by atoms with E-state index in [4.69, 9.17) is 4.74 Å². The highest BCUT2D eigenvalue weighted by Crippen LogP contribution is 2.30. The van der Waals surface area contributed by atoms with Crippen LogP contribution in [0.25, 0.3) is 0 Å². The SMILES string of the molecule is CCOC(CCNC(=NC)NCC(C)(C)C(=O)NC)C1CCCC1.I. The third-order valence-electron chi connectivity index (χ3n) is 4.79. The number of amides is 1. The maximum Gasteiger partial charge on any atom is 0.227 e. The van der Waals surface area contributed by atoms with E-state index in [9.17, 15) is 4.79 Å². The van der Waals surface area contributed by atoms with Crippen molar-refractivity contribution in [3.8, 4) is 0 Å². The molecule has 1 aliphatic carbocycles. The van der Waals surface area contributed by atoms with Gasteiger partial charge in [-0.2, -0.15) is 0 Å². The first-order valence-electron chi connectivity index (χ1n) is 9.23. The van der Waals surface area contributed by atoms with Gasteiger partial charge < -0.3 is 20.7 Å². The van der Waals surface area contributed by atoms with Gasteiger partial charge in [-0.3, -0.25) is 9.79 Å². The molecule has 3 N–H and O–H groups in total. The summed E-state index contributed by atoms with van der Waals surface area (Å²) in [7, 11) is 3.41. The summed E-state index contributed by atoms with van der Waals surface area (Å²) < 4.78 is 5.95. The fourth-order valence-corrected chi connectivity index (χ4v) is 3.28. The lowest BCUT2D eigenvalue weighted by Crippen LogP contribution is -2.47. The second-order valence-electron chi connectivity index (χ2n) is 7.14. The number of nitrogens with one attached hydrogen (secondary N) is 3. The summed E-state index contributed by atoms with van der Waals surface area (Å²) in [6.45, 7) is 8.02. The van der Waals surface area contributed by atoms with Crippen molar-refractivity contribution >= 4 is 35.8 Å². The molecule has 0 saturated heterocycles. The predicted octanol–water partition coefficient (Wildman–Crippen LogP) is 2.53. The Morgan fingerprint density at radius 2 is 1.92 bits per heavy atom. The molecule has 0 aromatic rings. The largest absolute Gasteiger partial charge is 0.378 e. The van der Waals surface area contributed by atoms with Crippen LogP contribution in [0.5, 0.6) is 0 Å². The molecule has 0 radical (unpaired) electrons. The first-order chi connectivity index (χ1) is 11.4. The maximum absolute atomic E-state index is 11.8. The minimum atomic E-state index is -0.482. The zero-order chi connectivity index (χ0) is 18.0. The van der Waals surface area contributed by atoms with E-state index in [0.717, 1.165) is 25.5 Å². The van der Waals surface area contributed by atoms with Gasteiger partial charge in [0, 0.05) is 33.8 Å². The van der Waals surface area contributed by atoms with Crippen LogP contribution < -0.4 is 16.0 Å². The van der Waals surface area contributed by atoms with E-state index in [1.807, 2.05) is 13.8 Å². The Morgan fingerprint density at radius 1 is 1.28 bits per heavy atom. The summed E-state index contributed by atoms with van der Waals surface area (Å²) in [5, 5.41) is 9.27. The van der Waals surface area contributed by atoms with Crippen LogP contribution in [0.3, 0.4) is 0 Å². The standard InChI is InChI=1S/C18H36N4O2.HI/c1-6-24-15(14-9-7-8-10-14)11-12-21-17(20-5)22-13-18(2,3)16(23)19-4;/h14-15H,6-13H2,1-5H3,(H,19,23)(H2,20,21,22);1H. The predicted molar refractivity (Wildman–Crippen MR) is 115 cm³/mol. The molecule has 1 fully saturated rings. The van der Waals surface area contributed by atoms with Crippen LogP contribution in [0.15, 0.2) is 4.99 Å². The lowest BCUT2D eigenvalue weighted by atomic mass is 9.92. The van der Waals surface area contributed by atoms with Gasteiger partial charge >= 0.3 is 0 Å². The van der Waals surface area contributed by atoms with Gasteiger partial charge in [-0.05, 0) is 46.0 Å². The first-order valence-corrected chi connectivity index (χ1v) is 9.23. The number of hydrogen-bond donors (Lipinski definition) is 3. The summed E-state index contributed by atoms with van der Waals surface area (Å²) in [4.78, 5) is 16.1. The van der Waals surface area contributed by atoms with Crippen LogP contribution in [-0.4, -0.2) is 51.8 Å². The molecule has 0 heterocycles. The normalized spacial score (nSPS) is 16.9. The second kappa shape index (κ2) is 12.7. The number of carbonyl (C=O) groups is 1. The lowest BCUT2D eigenvalue weighted by Gasteiger charge is -2.25. The Balaban J connectivity index is 0.00000576. The van der Waals surface area contributed by atoms with Gasteiger partial charge in [0.15, 0.2) is 5.96 Å². The van der Waals surface area contributed by atoms with Gasteiger partial charge in [-0.1, -0.05) is 12.8 Å². The molecule has 0 aromatic heterocycles. The number of rotatable bonds is 9. The Morgan fingerprint density at radius 3 is 2.44 bits per heavy atom. The summed E-state index contributed by atoms with van der Waals surface area (Å²) >= 11 is 0. The van der Waals surface area contributed by atoms with Crippen LogP contribution in [0.2, 0.25) is 0 Å². The second-order valence-corrected chi connectivity index (χ2v) is 7.14. The third kappa shape index (κ3) is 8.57. The van der Waals surface area contributed by atoms with Gasteiger partial charge in [-0.15, -0.1) is 24.0 Å². The van der Waals surface area contributed by atoms with Crippen molar-refractivity contribution in [2.24, 2.45) is 16.3 Å². The average molecular weight is 468 g/mol. The molecule has 7 heteroatoms. The van der Waals surface area contributed by atoms with Crippen molar-refractivity contribution in [3.05, 3.63) is 0 Å². The van der Waals surface area contributed by atoms with Crippen molar-refractivity contribution in [1.82, 2.24) is 16.0 Å². The number of aliphatic imine (C=N–C) groups is 1. The molecule has 1 aliphatic rings. The van der Waals surface area contributed by atoms with Crippen LogP contribution in [0.1, 0.15) is 52.9 Å². The molecule has 0 aliphatic heterocycles. The fourth-order valence-electron chi connectivity index (χ4n) is 3.28. The number of nitrogens with zero attached hydrogens (tertiary/aromatic N) is 1. The van der Waals surface area contributed by atoms with Crippen LogP contribution in [0.4, 0.5) is 0 Å². The van der Waals surface area contributed by atoms with Crippen LogP contribution >= 0.6 is 24.0 Å². The molecule has 25 heavy (non-hydrogen) atoms. The van der Waals surface area contributed by atoms with Gasteiger partial charge in [0.05, 0.1) is 11.5 Å². The van der Waals surface area contributed by atoms with Crippen molar-refractivity contribution in [3.63, 3.8) is 0 Å². The number of carbonyl (C=O) groups excluding carboxylic acids is 1. The lowest BCUT2D eigenvalue weighted by molar-refractivity contribution is -0.128. The van der Waals surface area contributed by atoms with Crippen molar-refractivity contribution < 1.29 is 9.53 Å². The molecular formula is C18H37IN4O2. The molecule has 1 saturated carbocycles. The third-order valence-corrected chi connectivity index (χ3v) is 4.79. The molecule has 6 nitrogen and oxygen atoms in total. The van der Waals surface area contributed by atoms with Gasteiger partial charge in [0.2, 0.25) is 5.91 Å². The number of guanidine groups is 1. The van der Waals surface area contributed by atoms with E-state index in [-0.39, 0.29) is 29.9 Å². The van der Waals surface area contributed by atoms with E-state index in [0.29, 0.717) is 18.6 Å². The molecule has 0 bridgehead atoms. The maximum atomic E-state index is 11.8. The van der Waals surface area contributed by atoms with E-state index in [2.05, 4.69) is 27.9 Å². The molecular weight excluding hydrogens is 431 g/mol. The van der Waals surface area contributed by atoms with Gasteiger partial charge in [0.1, 0.15) is 0 Å². The minimum absolute atomic E-state index is 0. The summed E-state index contributed by atoms with van der Waals surface area (Å²) in [5.74, 6) is 1.45. The molecule has 0 spiro atoms. The highest BCUT2D eigenvalue weighted by atomic mass is 127. The monoisotopic (exact) mass is 468 g/mol. The smallest absolute Gasteiger partial charge is 0.227 e. The summed E-state index contributed by atoms with van der Waals surface area (Å²) in [6.07, 6.45) is 6.57. The van der Waals surface area contributed by atoms with Crippen molar-refractivity contribution in [1.29, 1.82) is 0 Å². The molecule has 1 atom stereocenters. The Bertz CT molecular complexity index is 410. The summed E-state index contributed by atoms with van der Waals surface area (Å²) in [5.41, 5.74) is -0.482. The van der Waals surface area contributed by atoms with Crippen molar-refractivity contribution in [2.45, 2.75) is 59.0 Å². The first kappa shape index (κ1) is 24.4. The highest BCUT2D eigenvalue weighted by molar-refractivity contribution is 14.0. The zero-order valence-corrected chi connectivity index (χ0v) is 18.8. The van der Waals surface area contributed by atoms with E-state index in [1.54, 1.807) is 14.1 Å². The van der Waals surface area contributed by atoms with Crippen molar-refractivity contribution in [2.75, 3.05) is 33.8 Å². The van der Waals surface area contributed by atoms with Crippen LogP contribution in [0, 0.1) is 11.3 Å². The Labute approximate surface area is 170 Å². The van der Waals surface area contributed by atoms with Gasteiger partial charge in [0.25, 0.3) is 0 Å². The highest BCUT2D eigenvalue weighted by Gasteiger charge is 2.27. The molecule has 0 aromatic carbocycles. The minimum Gasteiger partial charge on any atom is -0.378 e. The van der Waals surface area contributed by atoms with E-state index >= 15 is 0 Å². The number of hydrogen-bond acceptors (Lipinski definition) is 3. The average Bonchev–Trinajstić information content (AvgIpc) is 3.10. The van der Waals surface area contributed by atoms with Gasteiger partial charge in [-0.25, -0.2) is 0 Å². The Hall–Kier alpha value is -0.570. The fraction of sp³-hybridized carbons (Fsp3) is 0.889.